The number of halogens is 1. The number of nitrogens with two attached hydrogens (primary N) is 1. The molecule has 0 aliphatic heterocycles. The van der Waals surface area contributed by atoms with Gasteiger partial charge >= 0.3 is 0 Å². The van der Waals surface area contributed by atoms with Crippen LogP contribution in [0.15, 0.2) is 33.3 Å². The SMILES string of the molecule is Nc1cccc(CSc2ncns2)c1Br. The Kier molecular flexibility index (Phi) is 3.61. The molecule has 0 saturated heterocycles. The van der Waals surface area contributed by atoms with Crippen molar-refractivity contribution in [3.63, 3.8) is 0 Å². The zero-order valence-corrected chi connectivity index (χ0v) is 10.9. The summed E-state index contributed by atoms with van der Waals surface area (Å²) in [4.78, 5) is 4.11. The predicted molar refractivity (Wildman–Crippen MR) is 68.0 cm³/mol. The van der Waals surface area contributed by atoms with Crippen LogP contribution in [0.1, 0.15) is 5.56 Å². The summed E-state index contributed by atoms with van der Waals surface area (Å²) in [5.74, 6) is 0.848. The first-order valence-electron chi connectivity index (χ1n) is 4.19. The molecule has 15 heavy (non-hydrogen) atoms. The van der Waals surface area contributed by atoms with Crippen molar-refractivity contribution in [3.05, 3.63) is 34.6 Å². The van der Waals surface area contributed by atoms with Crippen LogP contribution in [0.3, 0.4) is 0 Å². The van der Waals surface area contributed by atoms with Crippen LogP contribution in [0.4, 0.5) is 5.69 Å². The van der Waals surface area contributed by atoms with Crippen molar-refractivity contribution in [2.45, 2.75) is 10.1 Å². The molecule has 0 bridgehead atoms. The molecule has 0 unspecified atom stereocenters. The number of anilines is 1. The Morgan fingerprint density at radius 3 is 3.07 bits per heavy atom. The number of aromatic nitrogens is 2. The van der Waals surface area contributed by atoms with Crippen molar-refractivity contribution >= 4 is 44.9 Å². The molecule has 0 amide bonds. The molecule has 0 saturated carbocycles. The van der Waals surface area contributed by atoms with Crippen LogP contribution in [-0.4, -0.2) is 9.36 Å². The zero-order valence-electron chi connectivity index (χ0n) is 7.68. The fraction of sp³-hybridized carbons (Fsp3) is 0.111. The summed E-state index contributed by atoms with van der Waals surface area (Å²) in [5.41, 5.74) is 7.73. The van der Waals surface area contributed by atoms with Crippen LogP contribution < -0.4 is 5.73 Å². The van der Waals surface area contributed by atoms with E-state index in [4.69, 9.17) is 5.73 Å². The van der Waals surface area contributed by atoms with Crippen LogP contribution in [0.5, 0.6) is 0 Å². The Morgan fingerprint density at radius 2 is 2.33 bits per heavy atom. The summed E-state index contributed by atoms with van der Waals surface area (Å²) in [6.45, 7) is 0. The lowest BCUT2D eigenvalue weighted by atomic mass is 10.2. The number of benzene rings is 1. The number of nitrogen functional groups attached to an aromatic ring is 1. The summed E-state index contributed by atoms with van der Waals surface area (Å²) < 4.78 is 5.90. The van der Waals surface area contributed by atoms with E-state index < -0.39 is 0 Å². The van der Waals surface area contributed by atoms with Gasteiger partial charge in [0.25, 0.3) is 0 Å². The van der Waals surface area contributed by atoms with Gasteiger partial charge in [0, 0.05) is 15.9 Å². The third kappa shape index (κ3) is 2.70. The van der Waals surface area contributed by atoms with E-state index in [1.54, 1.807) is 18.1 Å². The molecule has 6 heteroatoms. The van der Waals surface area contributed by atoms with Gasteiger partial charge in [-0.2, -0.15) is 4.37 Å². The molecule has 3 nitrogen and oxygen atoms in total. The molecule has 1 heterocycles. The second-order valence-corrected chi connectivity index (χ2v) is 5.61. The second kappa shape index (κ2) is 4.96. The number of rotatable bonds is 3. The highest BCUT2D eigenvalue weighted by atomic mass is 79.9. The Morgan fingerprint density at radius 1 is 1.47 bits per heavy atom. The predicted octanol–water partition coefficient (Wildman–Crippen LogP) is 3.18. The normalized spacial score (nSPS) is 10.5. The Balaban J connectivity index is 2.08. The van der Waals surface area contributed by atoms with Gasteiger partial charge in [0.15, 0.2) is 4.34 Å². The molecular formula is C9H8BrN3S2. The third-order valence-corrected chi connectivity index (χ3v) is 4.61. The molecular weight excluding hydrogens is 294 g/mol. The molecule has 1 aromatic carbocycles. The van der Waals surface area contributed by atoms with Gasteiger partial charge in [-0.25, -0.2) is 4.98 Å². The van der Waals surface area contributed by atoms with Crippen molar-refractivity contribution < 1.29 is 0 Å². The molecule has 0 aliphatic carbocycles. The van der Waals surface area contributed by atoms with Gasteiger partial charge in [-0.1, -0.05) is 23.9 Å². The van der Waals surface area contributed by atoms with Crippen molar-refractivity contribution in [1.82, 2.24) is 9.36 Å². The van der Waals surface area contributed by atoms with Crippen LogP contribution >= 0.6 is 39.2 Å². The monoisotopic (exact) mass is 301 g/mol. The molecule has 0 atom stereocenters. The molecule has 2 N–H and O–H groups in total. The highest BCUT2D eigenvalue weighted by Crippen LogP contribution is 2.30. The van der Waals surface area contributed by atoms with E-state index in [9.17, 15) is 0 Å². The smallest absolute Gasteiger partial charge is 0.170 e. The van der Waals surface area contributed by atoms with E-state index >= 15 is 0 Å². The van der Waals surface area contributed by atoms with Gasteiger partial charge < -0.3 is 5.73 Å². The van der Waals surface area contributed by atoms with Crippen molar-refractivity contribution in [2.24, 2.45) is 0 Å². The van der Waals surface area contributed by atoms with E-state index in [0.29, 0.717) is 0 Å². The largest absolute Gasteiger partial charge is 0.398 e. The fourth-order valence-electron chi connectivity index (χ4n) is 1.08. The van der Waals surface area contributed by atoms with Crippen LogP contribution in [0.2, 0.25) is 0 Å². The van der Waals surface area contributed by atoms with Crippen molar-refractivity contribution in [2.75, 3.05) is 5.73 Å². The van der Waals surface area contributed by atoms with Crippen molar-refractivity contribution in [1.29, 1.82) is 0 Å². The maximum atomic E-state index is 5.79. The van der Waals surface area contributed by atoms with E-state index in [2.05, 4.69) is 31.4 Å². The maximum absolute atomic E-state index is 5.79. The molecule has 2 aromatic rings. The Labute approximate surface area is 104 Å². The summed E-state index contributed by atoms with van der Waals surface area (Å²) in [7, 11) is 0. The highest BCUT2D eigenvalue weighted by Gasteiger charge is 2.04. The zero-order chi connectivity index (χ0) is 10.7. The molecule has 0 radical (unpaired) electrons. The maximum Gasteiger partial charge on any atom is 0.170 e. The second-order valence-electron chi connectivity index (χ2n) is 2.82. The van der Waals surface area contributed by atoms with E-state index in [0.717, 1.165) is 20.3 Å². The lowest BCUT2D eigenvalue weighted by Crippen LogP contribution is -1.90. The van der Waals surface area contributed by atoms with E-state index in [1.807, 2.05) is 12.1 Å². The highest BCUT2D eigenvalue weighted by molar-refractivity contribution is 9.10. The van der Waals surface area contributed by atoms with Gasteiger partial charge in [-0.05, 0) is 39.1 Å². The number of hydrogen-bond donors (Lipinski definition) is 1. The third-order valence-electron chi connectivity index (χ3n) is 1.80. The van der Waals surface area contributed by atoms with Crippen LogP contribution in [-0.2, 0) is 5.75 Å². The van der Waals surface area contributed by atoms with Gasteiger partial charge in [0.05, 0.1) is 0 Å². The minimum atomic E-state index is 0.769. The van der Waals surface area contributed by atoms with Crippen molar-refractivity contribution in [3.8, 4) is 0 Å². The lowest BCUT2D eigenvalue weighted by Gasteiger charge is -2.04. The molecule has 0 fully saturated rings. The number of hydrogen-bond acceptors (Lipinski definition) is 5. The Hall–Kier alpha value is -0.590. The van der Waals surface area contributed by atoms with Gasteiger partial charge in [0.1, 0.15) is 6.33 Å². The van der Waals surface area contributed by atoms with Gasteiger partial charge in [-0.15, -0.1) is 0 Å². The van der Waals surface area contributed by atoms with Crippen LogP contribution in [0.25, 0.3) is 0 Å². The summed E-state index contributed by atoms with van der Waals surface area (Å²) in [6, 6.07) is 5.88. The minimum Gasteiger partial charge on any atom is -0.398 e. The molecule has 1 aromatic heterocycles. The number of thioether (sulfide) groups is 1. The average Bonchev–Trinajstić information content (AvgIpc) is 2.73. The van der Waals surface area contributed by atoms with E-state index in [-0.39, 0.29) is 0 Å². The molecule has 78 valence electrons. The van der Waals surface area contributed by atoms with Gasteiger partial charge in [0.2, 0.25) is 0 Å². The first kappa shape index (κ1) is 10.9. The van der Waals surface area contributed by atoms with Crippen LogP contribution in [0, 0.1) is 0 Å². The Bertz CT molecular complexity index is 445. The topological polar surface area (TPSA) is 51.8 Å². The average molecular weight is 302 g/mol. The lowest BCUT2D eigenvalue weighted by molar-refractivity contribution is 1.21. The quantitative estimate of drug-likeness (QED) is 0.699. The van der Waals surface area contributed by atoms with Gasteiger partial charge in [-0.3, -0.25) is 0 Å². The molecule has 2 rings (SSSR count). The minimum absolute atomic E-state index is 0.769. The first-order chi connectivity index (χ1) is 7.27. The fourth-order valence-corrected chi connectivity index (χ4v) is 3.10. The summed E-state index contributed by atoms with van der Waals surface area (Å²) in [5, 5.41) is 0. The van der Waals surface area contributed by atoms with E-state index in [1.165, 1.54) is 17.1 Å². The summed E-state index contributed by atoms with van der Waals surface area (Å²) in [6.07, 6.45) is 1.57. The molecule has 0 spiro atoms. The number of nitrogens with zero attached hydrogens (tertiary/aromatic N) is 2. The summed E-state index contributed by atoms with van der Waals surface area (Å²) >= 11 is 6.54. The first-order valence-corrected chi connectivity index (χ1v) is 6.75. The standard InChI is InChI=1S/C9H8BrN3S2/c10-8-6(2-1-3-7(8)11)4-14-9-12-5-13-15-9/h1-3,5H,4,11H2. The molecule has 0 aliphatic rings.